The molecule has 0 radical (unpaired) electrons. The molecule has 4 aliphatic carbocycles. The zero-order valence-corrected chi connectivity index (χ0v) is 12.2. The van der Waals surface area contributed by atoms with E-state index in [0.29, 0.717) is 6.54 Å². The third-order valence-electron chi connectivity index (χ3n) is 5.99. The van der Waals surface area contributed by atoms with E-state index in [1.54, 1.807) is 12.0 Å². The Morgan fingerprint density at radius 3 is 2.05 bits per heavy atom. The Kier molecular flexibility index (Phi) is 3.18. The van der Waals surface area contributed by atoms with Gasteiger partial charge in [-0.1, -0.05) is 36.4 Å². The van der Waals surface area contributed by atoms with Gasteiger partial charge in [-0.15, -0.1) is 0 Å². The van der Waals surface area contributed by atoms with Crippen molar-refractivity contribution < 1.29 is 0 Å². The molecule has 2 N–H and O–H groups in total. The standard InChI is InChI=1S/C19H25N/c20-7-1-2-13-3-5-16(6-4-13)19-17-9-14-8-15(11-17)12-18(19)10-14/h1-6,14-15,17-19H,7-12,20H2/b2-1+. The zero-order chi connectivity index (χ0) is 13.5. The minimum absolute atomic E-state index is 0.622. The molecule has 1 heteroatoms. The highest BCUT2D eigenvalue weighted by Gasteiger charge is 2.48. The highest BCUT2D eigenvalue weighted by molar-refractivity contribution is 5.50. The molecule has 1 aromatic rings. The van der Waals surface area contributed by atoms with Gasteiger partial charge in [0.05, 0.1) is 0 Å². The van der Waals surface area contributed by atoms with Crippen molar-refractivity contribution >= 4 is 6.08 Å². The Hall–Kier alpha value is -1.08. The van der Waals surface area contributed by atoms with Gasteiger partial charge in [-0.3, -0.25) is 0 Å². The lowest BCUT2D eigenvalue weighted by molar-refractivity contribution is -0.00277. The van der Waals surface area contributed by atoms with Gasteiger partial charge in [0, 0.05) is 6.54 Å². The summed E-state index contributed by atoms with van der Waals surface area (Å²) in [4.78, 5) is 0. The molecular weight excluding hydrogens is 242 g/mol. The largest absolute Gasteiger partial charge is 0.327 e. The first-order chi connectivity index (χ1) is 9.83. The Labute approximate surface area is 122 Å². The van der Waals surface area contributed by atoms with Crippen LogP contribution < -0.4 is 5.73 Å². The number of rotatable bonds is 3. The number of benzene rings is 1. The molecule has 0 aliphatic heterocycles. The lowest BCUT2D eigenvalue weighted by atomic mass is 9.51. The van der Waals surface area contributed by atoms with E-state index in [-0.39, 0.29) is 0 Å². The van der Waals surface area contributed by atoms with Crippen LogP contribution in [-0.4, -0.2) is 6.54 Å². The lowest BCUT2D eigenvalue weighted by Gasteiger charge is -2.54. The summed E-state index contributed by atoms with van der Waals surface area (Å²) in [5.74, 6) is 4.96. The first-order valence-corrected chi connectivity index (χ1v) is 8.30. The first-order valence-electron chi connectivity index (χ1n) is 8.30. The van der Waals surface area contributed by atoms with Crippen LogP contribution >= 0.6 is 0 Å². The maximum Gasteiger partial charge on any atom is 0.0110 e. The van der Waals surface area contributed by atoms with Crippen molar-refractivity contribution in [2.75, 3.05) is 6.54 Å². The summed E-state index contributed by atoms with van der Waals surface area (Å²) in [6.07, 6.45) is 11.7. The Morgan fingerprint density at radius 2 is 1.50 bits per heavy atom. The van der Waals surface area contributed by atoms with Crippen molar-refractivity contribution in [3.8, 4) is 0 Å². The van der Waals surface area contributed by atoms with Gasteiger partial charge in [0.15, 0.2) is 0 Å². The summed E-state index contributed by atoms with van der Waals surface area (Å²) < 4.78 is 0. The number of hydrogen-bond acceptors (Lipinski definition) is 1. The molecule has 4 saturated carbocycles. The minimum atomic E-state index is 0.622. The molecule has 0 amide bonds. The van der Waals surface area contributed by atoms with Crippen LogP contribution in [0.15, 0.2) is 30.3 Å². The molecule has 0 heterocycles. The second kappa shape index (κ2) is 5.04. The fraction of sp³-hybridized carbons (Fsp3) is 0.579. The Balaban J connectivity index is 1.57. The number of nitrogens with two attached hydrogens (primary N) is 1. The molecule has 20 heavy (non-hydrogen) atoms. The van der Waals surface area contributed by atoms with Crippen molar-refractivity contribution in [1.29, 1.82) is 0 Å². The van der Waals surface area contributed by atoms with Crippen molar-refractivity contribution in [2.24, 2.45) is 29.4 Å². The fourth-order valence-corrected chi connectivity index (χ4v) is 5.50. The van der Waals surface area contributed by atoms with Crippen LogP contribution in [0, 0.1) is 23.7 Å². The molecule has 0 saturated heterocycles. The van der Waals surface area contributed by atoms with Gasteiger partial charge in [0.1, 0.15) is 0 Å². The molecule has 1 nitrogen and oxygen atoms in total. The average molecular weight is 267 g/mol. The molecule has 4 fully saturated rings. The van der Waals surface area contributed by atoms with Gasteiger partial charge < -0.3 is 5.73 Å². The summed E-state index contributed by atoms with van der Waals surface area (Å²) in [6, 6.07) is 9.30. The Morgan fingerprint density at radius 1 is 0.900 bits per heavy atom. The molecule has 4 aliphatic rings. The van der Waals surface area contributed by atoms with Crippen molar-refractivity contribution in [3.05, 3.63) is 41.5 Å². The van der Waals surface area contributed by atoms with E-state index in [9.17, 15) is 0 Å². The zero-order valence-electron chi connectivity index (χ0n) is 12.2. The van der Waals surface area contributed by atoms with Crippen LogP contribution in [0.25, 0.3) is 6.08 Å². The van der Waals surface area contributed by atoms with Gasteiger partial charge in [-0.25, -0.2) is 0 Å². The van der Waals surface area contributed by atoms with Gasteiger partial charge >= 0.3 is 0 Å². The van der Waals surface area contributed by atoms with E-state index >= 15 is 0 Å². The van der Waals surface area contributed by atoms with E-state index in [2.05, 4.69) is 30.3 Å². The maximum absolute atomic E-state index is 5.52. The van der Waals surface area contributed by atoms with Gasteiger partial charge in [-0.2, -0.15) is 0 Å². The summed E-state index contributed by atoms with van der Waals surface area (Å²) in [5, 5.41) is 0. The van der Waals surface area contributed by atoms with Crippen LogP contribution in [0.2, 0.25) is 0 Å². The minimum Gasteiger partial charge on any atom is -0.327 e. The van der Waals surface area contributed by atoms with Crippen LogP contribution in [-0.2, 0) is 0 Å². The van der Waals surface area contributed by atoms with E-state index in [1.807, 2.05) is 6.08 Å². The summed E-state index contributed by atoms with van der Waals surface area (Å²) in [7, 11) is 0. The monoisotopic (exact) mass is 267 g/mol. The highest BCUT2D eigenvalue weighted by Crippen LogP contribution is 2.59. The van der Waals surface area contributed by atoms with Crippen molar-refractivity contribution in [2.45, 2.75) is 38.0 Å². The van der Waals surface area contributed by atoms with Crippen LogP contribution in [0.4, 0.5) is 0 Å². The molecule has 0 atom stereocenters. The van der Waals surface area contributed by atoms with Crippen molar-refractivity contribution in [3.63, 3.8) is 0 Å². The quantitative estimate of drug-likeness (QED) is 0.872. The third kappa shape index (κ3) is 2.13. The molecule has 0 aromatic heterocycles. The second-order valence-electron chi connectivity index (χ2n) is 7.26. The van der Waals surface area contributed by atoms with Crippen LogP contribution in [0.5, 0.6) is 0 Å². The molecule has 0 spiro atoms. The van der Waals surface area contributed by atoms with E-state index in [1.165, 1.54) is 31.2 Å². The molecule has 4 bridgehead atoms. The van der Waals surface area contributed by atoms with Crippen LogP contribution in [0.3, 0.4) is 0 Å². The third-order valence-corrected chi connectivity index (χ3v) is 5.99. The maximum atomic E-state index is 5.52. The predicted molar refractivity (Wildman–Crippen MR) is 84.3 cm³/mol. The van der Waals surface area contributed by atoms with Gasteiger partial charge in [0.25, 0.3) is 0 Å². The topological polar surface area (TPSA) is 26.0 Å². The smallest absolute Gasteiger partial charge is 0.0110 e. The van der Waals surface area contributed by atoms with Gasteiger partial charge in [0.2, 0.25) is 0 Å². The Bertz CT molecular complexity index is 471. The molecule has 5 rings (SSSR count). The van der Waals surface area contributed by atoms with Gasteiger partial charge in [-0.05, 0) is 72.8 Å². The van der Waals surface area contributed by atoms with E-state index < -0.39 is 0 Å². The number of hydrogen-bond donors (Lipinski definition) is 1. The lowest BCUT2D eigenvalue weighted by Crippen LogP contribution is -2.43. The molecule has 106 valence electrons. The summed E-state index contributed by atoms with van der Waals surface area (Å²) in [5.41, 5.74) is 8.40. The van der Waals surface area contributed by atoms with E-state index in [4.69, 9.17) is 5.73 Å². The SMILES string of the molecule is NC/C=C/c1ccc(C2C3CC4CC(C3)CC2C4)cc1. The van der Waals surface area contributed by atoms with Crippen molar-refractivity contribution in [1.82, 2.24) is 0 Å². The fourth-order valence-electron chi connectivity index (χ4n) is 5.50. The van der Waals surface area contributed by atoms with E-state index in [0.717, 1.165) is 29.6 Å². The highest BCUT2D eigenvalue weighted by atomic mass is 14.5. The molecular formula is C19H25N. The molecule has 1 aromatic carbocycles. The normalized spacial score (nSPS) is 38.8. The average Bonchev–Trinajstić information content (AvgIpc) is 2.45. The first kappa shape index (κ1) is 12.6. The predicted octanol–water partition coefficient (Wildman–Crippen LogP) is 4.20. The summed E-state index contributed by atoms with van der Waals surface area (Å²) in [6.45, 7) is 0.622. The second-order valence-corrected chi connectivity index (χ2v) is 7.26. The molecule has 0 unspecified atom stereocenters. The van der Waals surface area contributed by atoms with Crippen LogP contribution in [0.1, 0.15) is 49.1 Å². The summed E-state index contributed by atoms with van der Waals surface area (Å²) >= 11 is 0.